The molecule has 0 spiro atoms. The molecular weight excluding hydrogens is 472 g/mol. The van der Waals surface area contributed by atoms with Crippen molar-refractivity contribution >= 4 is 5.91 Å². The largest absolute Gasteiger partial charge is 0.416 e. The first kappa shape index (κ1) is 30.7. The topological polar surface area (TPSA) is 38.3 Å². The number of alkyl halides is 6. The molecule has 1 aromatic carbocycles. The number of unbranched alkanes of at least 4 members (excludes halogenated alkanes) is 3. The Hall–Kier alpha value is -2.29. The van der Waals surface area contributed by atoms with Crippen LogP contribution in [-0.2, 0) is 28.5 Å². The highest BCUT2D eigenvalue weighted by Gasteiger charge is 2.36. The lowest BCUT2D eigenvalue weighted by Gasteiger charge is -2.14. The molecule has 0 aromatic heterocycles. The minimum Gasteiger partial charge on any atom is -0.377 e. The van der Waals surface area contributed by atoms with Gasteiger partial charge in [-0.2, -0.15) is 26.3 Å². The zero-order chi connectivity index (χ0) is 26.6. The van der Waals surface area contributed by atoms with E-state index in [1.807, 2.05) is 33.8 Å². The quantitative estimate of drug-likeness (QED) is 0.128. The molecule has 0 atom stereocenters. The van der Waals surface area contributed by atoms with E-state index in [-0.39, 0.29) is 30.8 Å². The molecular formula is C26H35F6NO2. The van der Waals surface area contributed by atoms with Crippen LogP contribution in [0.5, 0.6) is 0 Å². The monoisotopic (exact) mass is 507 g/mol. The maximum absolute atomic E-state index is 12.9. The van der Waals surface area contributed by atoms with E-state index in [4.69, 9.17) is 4.74 Å². The molecule has 0 bridgehead atoms. The van der Waals surface area contributed by atoms with Gasteiger partial charge in [0.25, 0.3) is 0 Å². The lowest BCUT2D eigenvalue weighted by Crippen LogP contribution is -2.25. The number of carbonyl (C=O) groups excluding carboxylic acids is 1. The zero-order valence-electron chi connectivity index (χ0n) is 20.7. The molecule has 0 aliphatic rings. The third kappa shape index (κ3) is 13.4. The van der Waals surface area contributed by atoms with Crippen molar-refractivity contribution in [3.63, 3.8) is 0 Å². The number of ether oxygens (including phenoxy) is 1. The Morgan fingerprint density at radius 1 is 0.914 bits per heavy atom. The van der Waals surface area contributed by atoms with Crippen molar-refractivity contribution in [3.05, 3.63) is 58.2 Å². The van der Waals surface area contributed by atoms with Crippen LogP contribution in [0.4, 0.5) is 26.3 Å². The number of amides is 1. The first-order valence-electron chi connectivity index (χ1n) is 11.7. The number of allylic oxidation sites excluding steroid dienone is 3. The van der Waals surface area contributed by atoms with Crippen molar-refractivity contribution < 1.29 is 35.9 Å². The molecule has 0 saturated carbocycles. The van der Waals surface area contributed by atoms with Gasteiger partial charge < -0.3 is 10.1 Å². The Kier molecular flexibility index (Phi) is 12.6. The molecule has 198 valence electrons. The molecule has 0 radical (unpaired) electrons. The van der Waals surface area contributed by atoms with Crippen LogP contribution in [0.25, 0.3) is 0 Å². The van der Waals surface area contributed by atoms with Gasteiger partial charge in [0, 0.05) is 19.2 Å². The molecule has 0 aliphatic heterocycles. The zero-order valence-corrected chi connectivity index (χ0v) is 20.7. The molecule has 1 N–H and O–H groups in total. The van der Waals surface area contributed by atoms with E-state index in [9.17, 15) is 31.1 Å². The van der Waals surface area contributed by atoms with E-state index >= 15 is 0 Å². The van der Waals surface area contributed by atoms with Crippen LogP contribution in [0, 0.1) is 5.92 Å². The number of hydrogen-bond donors (Lipinski definition) is 1. The van der Waals surface area contributed by atoms with Gasteiger partial charge in [0.1, 0.15) is 0 Å². The summed E-state index contributed by atoms with van der Waals surface area (Å²) in [5, 5.41) is 2.84. The standard InChI is InChI=1S/C26H35F6NO2/c1-18(2)16-33-24(34)12-20(4)11-19(3)9-7-5-6-8-10-35-17-21-13-22(25(27,28)29)15-23(14-21)26(30,31)32/h11-15,18H,5-10,16-17H2,1-4H3,(H,33,34)/b19-11+,20-12+. The van der Waals surface area contributed by atoms with Gasteiger partial charge in [0.2, 0.25) is 5.91 Å². The smallest absolute Gasteiger partial charge is 0.377 e. The second-order valence-electron chi connectivity index (χ2n) is 9.15. The second kappa shape index (κ2) is 14.3. The maximum Gasteiger partial charge on any atom is 0.416 e. The van der Waals surface area contributed by atoms with E-state index in [0.29, 0.717) is 31.0 Å². The van der Waals surface area contributed by atoms with E-state index in [2.05, 4.69) is 5.32 Å². The molecule has 0 saturated heterocycles. The Bertz CT molecular complexity index is 837. The van der Waals surface area contributed by atoms with Gasteiger partial charge in [-0.3, -0.25) is 4.79 Å². The first-order chi connectivity index (χ1) is 16.2. The van der Waals surface area contributed by atoms with Crippen LogP contribution in [-0.4, -0.2) is 19.1 Å². The number of nitrogens with one attached hydrogen (secondary N) is 1. The Labute approximate surface area is 203 Å². The summed E-state index contributed by atoms with van der Waals surface area (Å²) in [6.07, 6.45) is -1.99. The fourth-order valence-electron chi connectivity index (χ4n) is 3.32. The van der Waals surface area contributed by atoms with Gasteiger partial charge in [-0.15, -0.1) is 0 Å². The summed E-state index contributed by atoms with van der Waals surface area (Å²) in [5.74, 6) is 0.276. The highest BCUT2D eigenvalue weighted by atomic mass is 19.4. The molecule has 0 unspecified atom stereocenters. The minimum atomic E-state index is -4.86. The second-order valence-corrected chi connectivity index (χ2v) is 9.15. The van der Waals surface area contributed by atoms with Crippen LogP contribution in [0.1, 0.15) is 76.5 Å². The summed E-state index contributed by atoms with van der Waals surface area (Å²) in [6.45, 7) is 8.48. The van der Waals surface area contributed by atoms with Crippen molar-refractivity contribution in [3.8, 4) is 0 Å². The van der Waals surface area contributed by atoms with E-state index in [1.165, 1.54) is 0 Å². The molecule has 0 heterocycles. The van der Waals surface area contributed by atoms with Crippen molar-refractivity contribution in [2.45, 2.75) is 78.8 Å². The van der Waals surface area contributed by atoms with Crippen molar-refractivity contribution in [2.75, 3.05) is 13.2 Å². The third-order valence-corrected chi connectivity index (χ3v) is 5.04. The highest BCUT2D eigenvalue weighted by molar-refractivity contribution is 5.88. The Morgan fingerprint density at radius 2 is 1.49 bits per heavy atom. The predicted octanol–water partition coefficient (Wildman–Crippen LogP) is 7.86. The number of rotatable bonds is 13. The third-order valence-electron chi connectivity index (χ3n) is 5.04. The van der Waals surface area contributed by atoms with E-state index < -0.39 is 23.5 Å². The van der Waals surface area contributed by atoms with Crippen LogP contribution < -0.4 is 5.32 Å². The number of benzene rings is 1. The summed E-state index contributed by atoms with van der Waals surface area (Å²) in [7, 11) is 0. The predicted molar refractivity (Wildman–Crippen MR) is 125 cm³/mol. The van der Waals surface area contributed by atoms with E-state index in [0.717, 1.165) is 36.8 Å². The molecule has 0 fully saturated rings. The number of carbonyl (C=O) groups is 1. The fourth-order valence-corrected chi connectivity index (χ4v) is 3.32. The van der Waals surface area contributed by atoms with Gasteiger partial charge in [-0.1, -0.05) is 38.3 Å². The summed E-state index contributed by atoms with van der Waals surface area (Å²) >= 11 is 0. The molecule has 35 heavy (non-hydrogen) atoms. The average molecular weight is 508 g/mol. The van der Waals surface area contributed by atoms with E-state index in [1.54, 1.807) is 6.08 Å². The Balaban J connectivity index is 2.36. The van der Waals surface area contributed by atoms with Gasteiger partial charge in [0.05, 0.1) is 17.7 Å². The lowest BCUT2D eigenvalue weighted by atomic mass is 10.0. The molecule has 1 rings (SSSR count). The average Bonchev–Trinajstić information content (AvgIpc) is 2.72. The molecule has 9 heteroatoms. The van der Waals surface area contributed by atoms with Crippen molar-refractivity contribution in [1.29, 1.82) is 0 Å². The minimum absolute atomic E-state index is 0.110. The number of hydrogen-bond acceptors (Lipinski definition) is 2. The van der Waals surface area contributed by atoms with Crippen molar-refractivity contribution in [2.24, 2.45) is 5.92 Å². The van der Waals surface area contributed by atoms with Crippen LogP contribution in [0.2, 0.25) is 0 Å². The summed E-state index contributed by atoms with van der Waals surface area (Å²) in [5.41, 5.74) is -0.808. The normalized spacial score (nSPS) is 13.5. The van der Waals surface area contributed by atoms with Gasteiger partial charge in [-0.25, -0.2) is 0 Å². The first-order valence-corrected chi connectivity index (χ1v) is 11.7. The molecule has 1 amide bonds. The summed E-state index contributed by atoms with van der Waals surface area (Å²) in [6, 6.07) is 1.49. The van der Waals surface area contributed by atoms with Gasteiger partial charge >= 0.3 is 12.4 Å². The maximum atomic E-state index is 12.9. The fraction of sp³-hybridized carbons (Fsp3) is 0.577. The molecule has 0 aliphatic carbocycles. The summed E-state index contributed by atoms with van der Waals surface area (Å²) in [4.78, 5) is 11.8. The molecule has 1 aromatic rings. The van der Waals surface area contributed by atoms with Crippen LogP contribution in [0.3, 0.4) is 0 Å². The van der Waals surface area contributed by atoms with Crippen LogP contribution in [0.15, 0.2) is 41.5 Å². The number of halogens is 6. The van der Waals surface area contributed by atoms with Crippen molar-refractivity contribution in [1.82, 2.24) is 5.32 Å². The van der Waals surface area contributed by atoms with Crippen LogP contribution >= 0.6 is 0 Å². The van der Waals surface area contributed by atoms with Gasteiger partial charge in [0.15, 0.2) is 0 Å². The molecule has 3 nitrogen and oxygen atoms in total. The summed E-state index contributed by atoms with van der Waals surface area (Å²) < 4.78 is 82.7. The Morgan fingerprint density at radius 3 is 2.03 bits per heavy atom. The lowest BCUT2D eigenvalue weighted by molar-refractivity contribution is -0.143. The highest BCUT2D eigenvalue weighted by Crippen LogP contribution is 2.36. The van der Waals surface area contributed by atoms with Gasteiger partial charge in [-0.05, 0) is 68.4 Å². The SMILES string of the molecule is CC(=C\C(=O)NCC(C)C)/C=C(\C)CCCCCCOCc1cc(C(F)(F)F)cc(C(F)(F)F)c1.